The number of hydrogen-bond donors (Lipinski definition) is 4. The van der Waals surface area contributed by atoms with Crippen LogP contribution in [0.1, 0.15) is 45.1 Å². The lowest BCUT2D eigenvalue weighted by atomic mass is 9.80. The molecular weight excluding hydrogens is 340 g/mol. The zero-order valence-corrected chi connectivity index (χ0v) is 15.2. The molecule has 0 aromatic heterocycles. The van der Waals surface area contributed by atoms with Crippen molar-refractivity contribution in [3.05, 3.63) is 23.8 Å². The molecule has 1 aromatic rings. The summed E-state index contributed by atoms with van der Waals surface area (Å²) in [6.45, 7) is 3.69. The van der Waals surface area contributed by atoms with E-state index in [-0.39, 0.29) is 18.0 Å². The highest BCUT2D eigenvalue weighted by Crippen LogP contribution is 2.49. The van der Waals surface area contributed by atoms with Crippen LogP contribution in [0.5, 0.6) is 0 Å². The summed E-state index contributed by atoms with van der Waals surface area (Å²) in [6.07, 6.45) is 3.70. The van der Waals surface area contributed by atoms with Gasteiger partial charge in [0.1, 0.15) is 5.25 Å². The van der Waals surface area contributed by atoms with Gasteiger partial charge >= 0.3 is 0 Å². The van der Waals surface area contributed by atoms with Gasteiger partial charge in [0.15, 0.2) is 0 Å². The minimum absolute atomic E-state index is 0.0476. The normalized spacial score (nSPS) is 30.5. The van der Waals surface area contributed by atoms with Crippen LogP contribution in [0.4, 0.5) is 11.4 Å². The maximum absolute atomic E-state index is 12.8. The second-order valence-corrected chi connectivity index (χ2v) is 9.32. The van der Waals surface area contributed by atoms with Crippen LogP contribution in [0.15, 0.2) is 18.2 Å². The van der Waals surface area contributed by atoms with Crippen LogP contribution in [0.25, 0.3) is 0 Å². The first kappa shape index (κ1) is 16.8. The third kappa shape index (κ3) is 2.54. The van der Waals surface area contributed by atoms with Gasteiger partial charge in [0.2, 0.25) is 15.9 Å². The second-order valence-electron chi connectivity index (χ2n) is 7.48. The first-order chi connectivity index (χ1) is 11.8. The Morgan fingerprint density at radius 2 is 1.76 bits per heavy atom. The van der Waals surface area contributed by atoms with Crippen LogP contribution in [0, 0.1) is 0 Å². The van der Waals surface area contributed by atoms with E-state index in [9.17, 15) is 13.2 Å². The molecule has 1 amide bonds. The van der Waals surface area contributed by atoms with Gasteiger partial charge in [-0.05, 0) is 50.5 Å². The summed E-state index contributed by atoms with van der Waals surface area (Å²) in [7, 11) is -3.56. The van der Waals surface area contributed by atoms with Crippen molar-refractivity contribution in [2.45, 2.75) is 62.3 Å². The zero-order valence-electron chi connectivity index (χ0n) is 14.4. The van der Waals surface area contributed by atoms with E-state index in [0.29, 0.717) is 5.69 Å². The number of sulfonamides is 1. The second kappa shape index (κ2) is 5.69. The Bertz CT molecular complexity index is 807. The van der Waals surface area contributed by atoms with Gasteiger partial charge < -0.3 is 5.32 Å². The van der Waals surface area contributed by atoms with E-state index >= 15 is 0 Å². The van der Waals surface area contributed by atoms with E-state index in [2.05, 4.69) is 20.9 Å². The van der Waals surface area contributed by atoms with Crippen molar-refractivity contribution in [2.24, 2.45) is 0 Å². The Morgan fingerprint density at radius 3 is 2.40 bits per heavy atom. The number of anilines is 2. The summed E-state index contributed by atoms with van der Waals surface area (Å²) in [5.41, 5.74) is 7.73. The zero-order chi connectivity index (χ0) is 17.8. The highest BCUT2D eigenvalue weighted by Gasteiger charge is 2.48. The summed E-state index contributed by atoms with van der Waals surface area (Å²) in [6, 6.07) is 4.98. The lowest BCUT2D eigenvalue weighted by molar-refractivity contribution is -0.120. The third-order valence-electron chi connectivity index (χ3n) is 5.82. The Hall–Kier alpha value is -1.64. The molecule has 8 heteroatoms. The molecule has 0 radical (unpaired) electrons. The number of rotatable bonds is 3. The molecule has 2 atom stereocenters. The topological polar surface area (TPSA) is 99.3 Å². The van der Waals surface area contributed by atoms with Gasteiger partial charge in [-0.1, -0.05) is 12.8 Å². The lowest BCUT2D eigenvalue weighted by Gasteiger charge is -2.22. The summed E-state index contributed by atoms with van der Waals surface area (Å²) in [5, 5.41) is 2.38. The van der Waals surface area contributed by atoms with Gasteiger partial charge in [0.25, 0.3) is 0 Å². The molecule has 1 aromatic carbocycles. The smallest absolute Gasteiger partial charge is 0.238 e. The van der Waals surface area contributed by atoms with E-state index in [4.69, 9.17) is 0 Å². The summed E-state index contributed by atoms with van der Waals surface area (Å²) < 4.78 is 28.4. The highest BCUT2D eigenvalue weighted by atomic mass is 32.2. The van der Waals surface area contributed by atoms with E-state index in [1.54, 1.807) is 12.1 Å². The molecule has 1 saturated carbocycles. The Labute approximate surface area is 148 Å². The number of carbonyl (C=O) groups is 1. The van der Waals surface area contributed by atoms with Gasteiger partial charge in [-0.2, -0.15) is 0 Å². The van der Waals surface area contributed by atoms with E-state index in [1.165, 1.54) is 0 Å². The van der Waals surface area contributed by atoms with E-state index in [0.717, 1.165) is 36.9 Å². The van der Waals surface area contributed by atoms with Gasteiger partial charge in [-0.25, -0.2) is 8.42 Å². The van der Waals surface area contributed by atoms with Crippen molar-refractivity contribution in [1.29, 1.82) is 0 Å². The number of carbonyl (C=O) groups excluding carboxylic acids is 1. The van der Waals surface area contributed by atoms with Crippen molar-refractivity contribution in [2.75, 3.05) is 10.0 Å². The predicted octanol–water partition coefficient (Wildman–Crippen LogP) is 1.45. The van der Waals surface area contributed by atoms with E-state index < -0.39 is 20.7 Å². The fourth-order valence-corrected chi connectivity index (χ4v) is 6.38. The summed E-state index contributed by atoms with van der Waals surface area (Å²) >= 11 is 0. The van der Waals surface area contributed by atoms with Crippen LogP contribution >= 0.6 is 0 Å². The van der Waals surface area contributed by atoms with Gasteiger partial charge in [0, 0.05) is 23.5 Å². The average molecular weight is 364 g/mol. The maximum Gasteiger partial charge on any atom is 0.238 e. The van der Waals surface area contributed by atoms with Crippen LogP contribution in [0.2, 0.25) is 0 Å². The summed E-state index contributed by atoms with van der Waals surface area (Å²) in [5.74, 6) is 0.0476. The van der Waals surface area contributed by atoms with Crippen LogP contribution < -0.4 is 20.9 Å². The van der Waals surface area contributed by atoms with Crippen molar-refractivity contribution < 1.29 is 13.2 Å². The molecule has 2 fully saturated rings. The minimum atomic E-state index is -3.56. The monoisotopic (exact) mass is 364 g/mol. The molecule has 2 aliphatic heterocycles. The maximum atomic E-state index is 12.8. The number of amides is 1. The molecule has 7 nitrogen and oxygen atoms in total. The SMILES string of the molecule is CC1NNC(C)C1S(=O)(=O)Nc1ccc2c(c1)C1(CCCC1)C(=O)N2. The van der Waals surface area contributed by atoms with Crippen molar-refractivity contribution in [3.63, 3.8) is 0 Å². The van der Waals surface area contributed by atoms with Crippen molar-refractivity contribution in [3.8, 4) is 0 Å². The average Bonchev–Trinajstić information content (AvgIpc) is 3.22. The van der Waals surface area contributed by atoms with Crippen LogP contribution in [-0.4, -0.2) is 31.7 Å². The number of hydrogen-bond acceptors (Lipinski definition) is 5. The molecule has 2 unspecified atom stereocenters. The largest absolute Gasteiger partial charge is 0.325 e. The molecule has 136 valence electrons. The first-order valence-corrected chi connectivity index (χ1v) is 10.4. The van der Waals surface area contributed by atoms with Crippen LogP contribution in [-0.2, 0) is 20.2 Å². The van der Waals surface area contributed by atoms with Gasteiger partial charge in [-0.15, -0.1) is 0 Å². The molecule has 4 N–H and O–H groups in total. The molecular formula is C17H24N4O3S. The number of fused-ring (bicyclic) bond motifs is 2. The van der Waals surface area contributed by atoms with Crippen molar-refractivity contribution in [1.82, 2.24) is 10.9 Å². The molecule has 0 bridgehead atoms. The Kier molecular flexibility index (Phi) is 3.82. The lowest BCUT2D eigenvalue weighted by Crippen LogP contribution is -2.41. The predicted molar refractivity (Wildman–Crippen MR) is 96.7 cm³/mol. The third-order valence-corrected chi connectivity index (χ3v) is 7.87. The quantitative estimate of drug-likeness (QED) is 0.651. The minimum Gasteiger partial charge on any atom is -0.325 e. The number of benzene rings is 1. The molecule has 1 spiro atoms. The number of hydrazine groups is 1. The fourth-order valence-electron chi connectivity index (χ4n) is 4.58. The molecule has 25 heavy (non-hydrogen) atoms. The Balaban J connectivity index is 1.65. The Morgan fingerprint density at radius 1 is 1.12 bits per heavy atom. The molecule has 2 heterocycles. The molecule has 1 aliphatic carbocycles. The van der Waals surface area contributed by atoms with Crippen LogP contribution in [0.3, 0.4) is 0 Å². The molecule has 3 aliphatic rings. The molecule has 1 saturated heterocycles. The van der Waals surface area contributed by atoms with Gasteiger partial charge in [0.05, 0.1) is 5.41 Å². The fraction of sp³-hybridized carbons (Fsp3) is 0.588. The van der Waals surface area contributed by atoms with Gasteiger partial charge in [-0.3, -0.25) is 20.4 Å². The van der Waals surface area contributed by atoms with Crippen molar-refractivity contribution >= 4 is 27.3 Å². The standard InChI is InChI=1S/C17H24N4O3S/c1-10-15(11(2)20-19-10)25(23,24)21-12-5-6-14-13(9-12)17(16(22)18-14)7-3-4-8-17/h5-6,9-11,15,19-21H,3-4,7-8H2,1-2H3,(H,18,22). The van der Waals surface area contributed by atoms with E-state index in [1.807, 2.05) is 19.9 Å². The number of nitrogens with one attached hydrogen (secondary N) is 4. The molecule has 4 rings (SSSR count). The summed E-state index contributed by atoms with van der Waals surface area (Å²) in [4.78, 5) is 12.5. The first-order valence-electron chi connectivity index (χ1n) is 8.82. The highest BCUT2D eigenvalue weighted by molar-refractivity contribution is 7.93.